The fraction of sp³-hybridized carbons (Fsp3) is 0.647. The first-order valence-electron chi connectivity index (χ1n) is 7.59. The minimum absolute atomic E-state index is 0.543. The fourth-order valence-corrected chi connectivity index (χ4v) is 4.14. The number of rotatable bonds is 2. The molecule has 0 spiro atoms. The molecule has 0 saturated heterocycles. The van der Waals surface area contributed by atoms with E-state index in [0.29, 0.717) is 11.7 Å². The normalized spacial score (nSPS) is 21.8. The van der Waals surface area contributed by atoms with Gasteiger partial charge in [-0.05, 0) is 61.6 Å². The molecule has 0 unspecified atom stereocenters. The quantitative estimate of drug-likeness (QED) is 0.774. The molecule has 2 aliphatic carbocycles. The number of phenolic OH excluding ortho intramolecular Hbond substituents is 1. The molecule has 0 bridgehead atoms. The average molecular weight is 244 g/mol. The molecule has 2 saturated carbocycles. The van der Waals surface area contributed by atoms with Gasteiger partial charge in [0.25, 0.3) is 0 Å². The third kappa shape index (κ3) is 2.04. The molecule has 3 rings (SSSR count). The van der Waals surface area contributed by atoms with E-state index in [1.54, 1.807) is 0 Å². The van der Waals surface area contributed by atoms with E-state index in [1.807, 2.05) is 6.07 Å². The van der Waals surface area contributed by atoms with Crippen molar-refractivity contribution in [3.8, 4) is 5.75 Å². The van der Waals surface area contributed by atoms with Gasteiger partial charge in [-0.15, -0.1) is 0 Å². The third-order valence-electron chi connectivity index (χ3n) is 5.09. The van der Waals surface area contributed by atoms with Crippen LogP contribution in [-0.2, 0) is 0 Å². The molecule has 1 nitrogen and oxygen atoms in total. The molecule has 0 aromatic heterocycles. The second-order valence-electron chi connectivity index (χ2n) is 6.18. The Morgan fingerprint density at radius 2 is 1.44 bits per heavy atom. The predicted molar refractivity (Wildman–Crippen MR) is 75.3 cm³/mol. The van der Waals surface area contributed by atoms with Crippen LogP contribution in [0.1, 0.15) is 79.9 Å². The van der Waals surface area contributed by atoms with Crippen molar-refractivity contribution in [2.75, 3.05) is 0 Å². The van der Waals surface area contributed by atoms with Crippen LogP contribution in [0.5, 0.6) is 5.75 Å². The molecule has 2 fully saturated rings. The molecule has 2 aliphatic rings. The second kappa shape index (κ2) is 4.95. The average Bonchev–Trinajstić information content (AvgIpc) is 3.01. The minimum atomic E-state index is 0.543. The van der Waals surface area contributed by atoms with E-state index < -0.39 is 0 Å². The molecule has 1 N–H and O–H groups in total. The van der Waals surface area contributed by atoms with E-state index in [1.165, 1.54) is 68.1 Å². The van der Waals surface area contributed by atoms with Crippen LogP contribution in [0.4, 0.5) is 0 Å². The fourth-order valence-electron chi connectivity index (χ4n) is 4.14. The lowest BCUT2D eigenvalue weighted by Gasteiger charge is -2.21. The van der Waals surface area contributed by atoms with Gasteiger partial charge in [-0.2, -0.15) is 0 Å². The third-order valence-corrected chi connectivity index (χ3v) is 5.09. The van der Waals surface area contributed by atoms with E-state index in [2.05, 4.69) is 13.0 Å². The summed E-state index contributed by atoms with van der Waals surface area (Å²) in [5, 5.41) is 10.2. The summed E-state index contributed by atoms with van der Waals surface area (Å²) in [6.07, 6.45) is 10.6. The Kier molecular flexibility index (Phi) is 3.32. The maximum atomic E-state index is 10.2. The summed E-state index contributed by atoms with van der Waals surface area (Å²) in [5.41, 5.74) is 4.19. The first-order chi connectivity index (χ1) is 8.77. The summed E-state index contributed by atoms with van der Waals surface area (Å²) in [4.78, 5) is 0. The van der Waals surface area contributed by atoms with Gasteiger partial charge in [0.15, 0.2) is 0 Å². The van der Waals surface area contributed by atoms with Crippen molar-refractivity contribution in [3.63, 3.8) is 0 Å². The highest BCUT2D eigenvalue weighted by atomic mass is 16.3. The Morgan fingerprint density at radius 3 is 2.06 bits per heavy atom. The molecule has 1 heteroatoms. The molecule has 0 radical (unpaired) electrons. The summed E-state index contributed by atoms with van der Waals surface area (Å²) in [7, 11) is 0. The molecule has 1 aromatic rings. The number of hydrogen-bond acceptors (Lipinski definition) is 1. The Balaban J connectivity index is 1.98. The molecule has 1 aromatic carbocycles. The van der Waals surface area contributed by atoms with Crippen LogP contribution in [-0.4, -0.2) is 5.11 Å². The summed E-state index contributed by atoms with van der Waals surface area (Å²) in [6, 6.07) is 4.13. The molecule has 0 heterocycles. The largest absolute Gasteiger partial charge is 0.508 e. The maximum absolute atomic E-state index is 10.2. The molecule has 0 atom stereocenters. The maximum Gasteiger partial charge on any atom is 0.119 e. The second-order valence-corrected chi connectivity index (χ2v) is 6.18. The zero-order chi connectivity index (χ0) is 12.5. The molecular formula is C17H24O. The molecular weight excluding hydrogens is 220 g/mol. The molecule has 18 heavy (non-hydrogen) atoms. The Labute approximate surface area is 110 Å². The molecule has 0 amide bonds. The van der Waals surface area contributed by atoms with Gasteiger partial charge in [0, 0.05) is 5.56 Å². The van der Waals surface area contributed by atoms with Crippen molar-refractivity contribution in [2.45, 2.75) is 70.1 Å². The van der Waals surface area contributed by atoms with Gasteiger partial charge in [-0.25, -0.2) is 0 Å². The number of benzene rings is 1. The van der Waals surface area contributed by atoms with E-state index in [4.69, 9.17) is 0 Å². The van der Waals surface area contributed by atoms with Crippen molar-refractivity contribution >= 4 is 0 Å². The van der Waals surface area contributed by atoms with Crippen LogP contribution in [0, 0.1) is 6.92 Å². The predicted octanol–water partition coefficient (Wildman–Crippen LogP) is 5.02. The standard InChI is InChI=1S/C17H24O/c1-12-15(13-6-2-3-7-13)10-11-16(18)17(12)14-8-4-5-9-14/h10-11,13-14,18H,2-9H2,1H3. The van der Waals surface area contributed by atoms with Crippen LogP contribution in [0.2, 0.25) is 0 Å². The number of phenols is 1. The van der Waals surface area contributed by atoms with Gasteiger partial charge < -0.3 is 5.11 Å². The molecule has 0 aliphatic heterocycles. The number of hydrogen-bond donors (Lipinski definition) is 1. The van der Waals surface area contributed by atoms with Gasteiger partial charge in [-0.1, -0.05) is 31.7 Å². The van der Waals surface area contributed by atoms with Crippen molar-refractivity contribution in [1.82, 2.24) is 0 Å². The topological polar surface area (TPSA) is 20.2 Å². The molecule has 98 valence electrons. The number of aromatic hydroxyl groups is 1. The lowest BCUT2D eigenvalue weighted by atomic mass is 9.85. The van der Waals surface area contributed by atoms with Crippen molar-refractivity contribution in [2.24, 2.45) is 0 Å². The van der Waals surface area contributed by atoms with Gasteiger partial charge >= 0.3 is 0 Å². The van der Waals surface area contributed by atoms with E-state index in [9.17, 15) is 5.11 Å². The minimum Gasteiger partial charge on any atom is -0.508 e. The van der Waals surface area contributed by atoms with Gasteiger partial charge in [0.2, 0.25) is 0 Å². The van der Waals surface area contributed by atoms with Gasteiger partial charge in [-0.3, -0.25) is 0 Å². The smallest absolute Gasteiger partial charge is 0.119 e. The zero-order valence-electron chi connectivity index (χ0n) is 11.4. The summed E-state index contributed by atoms with van der Waals surface area (Å²) in [6.45, 7) is 2.24. The van der Waals surface area contributed by atoms with E-state index >= 15 is 0 Å². The Bertz CT molecular complexity index is 423. The van der Waals surface area contributed by atoms with Crippen LogP contribution in [0.3, 0.4) is 0 Å². The van der Waals surface area contributed by atoms with E-state index in [-0.39, 0.29) is 0 Å². The van der Waals surface area contributed by atoms with E-state index in [0.717, 1.165) is 5.92 Å². The zero-order valence-corrected chi connectivity index (χ0v) is 11.4. The lowest BCUT2D eigenvalue weighted by molar-refractivity contribution is 0.459. The van der Waals surface area contributed by atoms with Crippen LogP contribution in [0.15, 0.2) is 12.1 Å². The van der Waals surface area contributed by atoms with Crippen LogP contribution in [0.25, 0.3) is 0 Å². The van der Waals surface area contributed by atoms with Crippen LogP contribution < -0.4 is 0 Å². The van der Waals surface area contributed by atoms with Crippen molar-refractivity contribution in [3.05, 3.63) is 28.8 Å². The Hall–Kier alpha value is -0.980. The highest BCUT2D eigenvalue weighted by Crippen LogP contribution is 2.44. The van der Waals surface area contributed by atoms with Gasteiger partial charge in [0.05, 0.1) is 0 Å². The highest BCUT2D eigenvalue weighted by molar-refractivity contribution is 5.47. The first kappa shape index (κ1) is 12.1. The highest BCUT2D eigenvalue weighted by Gasteiger charge is 2.26. The van der Waals surface area contributed by atoms with Crippen molar-refractivity contribution in [1.29, 1.82) is 0 Å². The van der Waals surface area contributed by atoms with Gasteiger partial charge in [0.1, 0.15) is 5.75 Å². The monoisotopic (exact) mass is 244 g/mol. The van der Waals surface area contributed by atoms with Crippen molar-refractivity contribution < 1.29 is 5.11 Å². The first-order valence-corrected chi connectivity index (χ1v) is 7.59. The SMILES string of the molecule is Cc1c(C2CCCC2)ccc(O)c1C1CCCC1. The summed E-state index contributed by atoms with van der Waals surface area (Å²) < 4.78 is 0. The lowest BCUT2D eigenvalue weighted by Crippen LogP contribution is -2.03. The van der Waals surface area contributed by atoms with Crippen LogP contribution >= 0.6 is 0 Å². The summed E-state index contributed by atoms with van der Waals surface area (Å²) in [5.74, 6) is 1.92. The summed E-state index contributed by atoms with van der Waals surface area (Å²) >= 11 is 0. The Morgan fingerprint density at radius 1 is 0.889 bits per heavy atom.